The Morgan fingerprint density at radius 2 is 2.06 bits per heavy atom. The van der Waals surface area contributed by atoms with Crippen molar-refractivity contribution in [3.63, 3.8) is 0 Å². The number of anilines is 1. The number of amides is 2. The quantitative estimate of drug-likeness (QED) is 0.619. The largest absolute Gasteiger partial charge is 0.376 e. The number of benzene rings is 1. The molecule has 0 unspecified atom stereocenters. The smallest absolute Gasteiger partial charge is 0.254 e. The van der Waals surface area contributed by atoms with Gasteiger partial charge in [-0.15, -0.1) is 11.3 Å². The number of carbonyl (C=O) groups is 2. The number of hydrogen-bond acceptors (Lipinski definition) is 4. The fraction of sp³-hybridized carbons (Fsp3) is 0.440. The molecule has 2 amide bonds. The van der Waals surface area contributed by atoms with Gasteiger partial charge in [-0.2, -0.15) is 0 Å². The fourth-order valence-corrected chi connectivity index (χ4v) is 5.27. The molecule has 2 heterocycles. The average molecular weight is 438 g/mol. The van der Waals surface area contributed by atoms with Gasteiger partial charge in [-0.3, -0.25) is 9.59 Å². The average Bonchev–Trinajstić information content (AvgIpc) is 3.26. The van der Waals surface area contributed by atoms with Crippen LogP contribution < -0.4 is 10.6 Å². The zero-order valence-electron chi connectivity index (χ0n) is 18.2. The number of hydrogen-bond donors (Lipinski definition) is 2. The first-order chi connectivity index (χ1) is 15.1. The van der Waals surface area contributed by atoms with Crippen LogP contribution in [0.25, 0.3) is 0 Å². The van der Waals surface area contributed by atoms with Crippen molar-refractivity contribution >= 4 is 28.8 Å². The minimum absolute atomic E-state index is 0.0199. The third-order valence-electron chi connectivity index (χ3n) is 6.25. The summed E-state index contributed by atoms with van der Waals surface area (Å²) in [7, 11) is 0. The van der Waals surface area contributed by atoms with Crippen molar-refractivity contribution in [3.05, 3.63) is 62.9 Å². The molecule has 31 heavy (non-hydrogen) atoms. The van der Waals surface area contributed by atoms with Crippen molar-refractivity contribution < 1.29 is 9.59 Å². The maximum absolute atomic E-state index is 13.2. The van der Waals surface area contributed by atoms with Crippen LogP contribution in [0.3, 0.4) is 0 Å². The second kappa shape index (κ2) is 10.1. The van der Waals surface area contributed by atoms with E-state index in [-0.39, 0.29) is 18.4 Å². The minimum Gasteiger partial charge on any atom is -0.376 e. The van der Waals surface area contributed by atoms with Crippen molar-refractivity contribution in [2.75, 3.05) is 25.0 Å². The predicted molar refractivity (Wildman–Crippen MR) is 127 cm³/mol. The molecule has 1 aliphatic heterocycles. The second-order valence-electron chi connectivity index (χ2n) is 8.39. The molecule has 1 aromatic carbocycles. The van der Waals surface area contributed by atoms with Crippen molar-refractivity contribution in [3.8, 4) is 0 Å². The van der Waals surface area contributed by atoms with E-state index < -0.39 is 0 Å². The van der Waals surface area contributed by atoms with Gasteiger partial charge < -0.3 is 15.5 Å². The third kappa shape index (κ3) is 5.37. The number of carbonyl (C=O) groups excluding carboxylic acids is 2. The summed E-state index contributed by atoms with van der Waals surface area (Å²) < 4.78 is 0. The van der Waals surface area contributed by atoms with Crippen LogP contribution in [0, 0.1) is 6.92 Å². The Kier molecular flexibility index (Phi) is 7.07. The maximum atomic E-state index is 13.2. The summed E-state index contributed by atoms with van der Waals surface area (Å²) in [6.45, 7) is 4.27. The van der Waals surface area contributed by atoms with Crippen molar-refractivity contribution in [2.24, 2.45) is 0 Å². The number of allylic oxidation sites excluding steroid dienone is 1. The number of rotatable bonds is 7. The van der Waals surface area contributed by atoms with E-state index in [4.69, 9.17) is 0 Å². The second-order valence-corrected chi connectivity index (χ2v) is 9.39. The molecule has 2 aliphatic rings. The van der Waals surface area contributed by atoms with Crippen LogP contribution in [0.4, 0.5) is 5.69 Å². The number of nitrogens with one attached hydrogen (secondary N) is 2. The topological polar surface area (TPSA) is 61.4 Å². The van der Waals surface area contributed by atoms with Crippen LogP contribution >= 0.6 is 11.3 Å². The Balaban J connectivity index is 1.30. The first-order valence-corrected chi connectivity index (χ1v) is 12.1. The van der Waals surface area contributed by atoms with Crippen LogP contribution in [-0.4, -0.2) is 36.3 Å². The summed E-state index contributed by atoms with van der Waals surface area (Å²) in [6.07, 6.45) is 9.07. The van der Waals surface area contributed by atoms with Crippen LogP contribution in [0.1, 0.15) is 58.5 Å². The van der Waals surface area contributed by atoms with Crippen LogP contribution in [-0.2, 0) is 17.8 Å². The summed E-state index contributed by atoms with van der Waals surface area (Å²) in [5, 5.41) is 8.32. The predicted octanol–water partition coefficient (Wildman–Crippen LogP) is 4.67. The van der Waals surface area contributed by atoms with Crippen molar-refractivity contribution in [1.29, 1.82) is 0 Å². The molecule has 0 fully saturated rings. The number of thiophene rings is 1. The normalized spacial score (nSPS) is 15.8. The molecule has 4 rings (SSSR count). The highest BCUT2D eigenvalue weighted by atomic mass is 32.1. The standard InChI is InChI=1S/C25H31N3O2S/c1-18-21(25(30)28-14-11-23-20(17-28)12-15-31-23)8-5-9-22(18)27-16-24(29)26-13-10-19-6-3-2-4-7-19/h5-6,8-9,12,15,27H,2-4,7,10-11,13-14,16-17H2,1H3,(H,26,29). The first-order valence-electron chi connectivity index (χ1n) is 11.2. The molecule has 0 saturated heterocycles. The maximum Gasteiger partial charge on any atom is 0.254 e. The van der Waals surface area contributed by atoms with E-state index in [1.165, 1.54) is 41.7 Å². The SMILES string of the molecule is Cc1c(NCC(=O)NCCC2=CCCCC2)cccc1C(=O)N1CCc2sccc2C1. The van der Waals surface area contributed by atoms with Crippen molar-refractivity contribution in [1.82, 2.24) is 10.2 Å². The lowest BCUT2D eigenvalue weighted by molar-refractivity contribution is -0.119. The van der Waals surface area contributed by atoms with Gasteiger partial charge in [-0.1, -0.05) is 17.7 Å². The van der Waals surface area contributed by atoms with Gasteiger partial charge in [0.2, 0.25) is 5.91 Å². The van der Waals surface area contributed by atoms with E-state index in [1.807, 2.05) is 30.0 Å². The monoisotopic (exact) mass is 437 g/mol. The Bertz CT molecular complexity index is 979. The summed E-state index contributed by atoms with van der Waals surface area (Å²) in [5.74, 6) is 0.0387. The van der Waals surface area contributed by atoms with Gasteiger partial charge in [0.05, 0.1) is 6.54 Å². The molecule has 0 spiro atoms. The highest BCUT2D eigenvalue weighted by molar-refractivity contribution is 7.10. The molecular formula is C25H31N3O2S. The zero-order valence-corrected chi connectivity index (χ0v) is 19.0. The highest BCUT2D eigenvalue weighted by Crippen LogP contribution is 2.27. The minimum atomic E-state index is -0.0199. The molecule has 2 aromatic rings. The summed E-state index contributed by atoms with van der Waals surface area (Å²) in [4.78, 5) is 28.7. The molecule has 2 N–H and O–H groups in total. The number of fused-ring (bicyclic) bond motifs is 1. The summed E-state index contributed by atoms with van der Waals surface area (Å²) >= 11 is 1.77. The van der Waals surface area contributed by atoms with E-state index in [2.05, 4.69) is 28.2 Å². The first kappa shape index (κ1) is 21.6. The zero-order chi connectivity index (χ0) is 21.6. The summed E-state index contributed by atoms with van der Waals surface area (Å²) in [6, 6.07) is 7.81. The van der Waals surface area contributed by atoms with Crippen LogP contribution in [0.2, 0.25) is 0 Å². The van der Waals surface area contributed by atoms with E-state index >= 15 is 0 Å². The number of nitrogens with zero attached hydrogens (tertiary/aromatic N) is 1. The highest BCUT2D eigenvalue weighted by Gasteiger charge is 2.24. The molecule has 1 aliphatic carbocycles. The van der Waals surface area contributed by atoms with Gasteiger partial charge in [0.1, 0.15) is 0 Å². The van der Waals surface area contributed by atoms with Crippen LogP contribution in [0.15, 0.2) is 41.3 Å². The fourth-order valence-electron chi connectivity index (χ4n) is 4.38. The molecule has 6 heteroatoms. The molecule has 0 radical (unpaired) electrons. The molecular weight excluding hydrogens is 406 g/mol. The van der Waals surface area contributed by atoms with E-state index in [1.54, 1.807) is 11.3 Å². The van der Waals surface area contributed by atoms with Crippen molar-refractivity contribution in [2.45, 2.75) is 52.0 Å². The summed E-state index contributed by atoms with van der Waals surface area (Å²) in [5.41, 5.74) is 5.16. The third-order valence-corrected chi connectivity index (χ3v) is 7.27. The lowest BCUT2D eigenvalue weighted by atomic mass is 9.97. The molecule has 164 valence electrons. The lowest BCUT2D eigenvalue weighted by Crippen LogP contribution is -2.36. The molecule has 5 nitrogen and oxygen atoms in total. The lowest BCUT2D eigenvalue weighted by Gasteiger charge is -2.28. The van der Waals surface area contributed by atoms with Gasteiger partial charge in [0.25, 0.3) is 5.91 Å². The van der Waals surface area contributed by atoms with Gasteiger partial charge in [0, 0.05) is 35.8 Å². The van der Waals surface area contributed by atoms with Gasteiger partial charge >= 0.3 is 0 Å². The molecule has 1 aromatic heterocycles. The van der Waals surface area contributed by atoms with E-state index in [9.17, 15) is 9.59 Å². The molecule has 0 atom stereocenters. The van der Waals surface area contributed by atoms with Gasteiger partial charge in [-0.05, 0) is 80.2 Å². The van der Waals surface area contributed by atoms with Gasteiger partial charge in [-0.25, -0.2) is 0 Å². The van der Waals surface area contributed by atoms with Gasteiger partial charge in [0.15, 0.2) is 0 Å². The van der Waals surface area contributed by atoms with E-state index in [0.717, 1.165) is 30.6 Å². The molecule has 0 saturated carbocycles. The molecule has 0 bridgehead atoms. The Labute approximate surface area is 188 Å². The van der Waals surface area contributed by atoms with Crippen LogP contribution in [0.5, 0.6) is 0 Å². The van der Waals surface area contributed by atoms with E-state index in [0.29, 0.717) is 18.7 Å². The Morgan fingerprint density at radius 1 is 1.16 bits per heavy atom. The Morgan fingerprint density at radius 3 is 2.90 bits per heavy atom. The Hall–Kier alpha value is -2.60.